The summed E-state index contributed by atoms with van der Waals surface area (Å²) in [4.78, 5) is 0. The van der Waals surface area contributed by atoms with Gasteiger partial charge in [-0.1, -0.05) is 27.7 Å². The molecule has 0 amide bonds. The highest BCUT2D eigenvalue weighted by Crippen LogP contribution is 2.60. The molecular formula is C15H29N. The van der Waals surface area contributed by atoms with Crippen molar-refractivity contribution in [2.45, 2.75) is 65.8 Å². The number of hydrogen-bond acceptors (Lipinski definition) is 1. The first-order valence-corrected chi connectivity index (χ1v) is 7.25. The summed E-state index contributed by atoms with van der Waals surface area (Å²) in [7, 11) is 0. The molecule has 16 heavy (non-hydrogen) atoms. The Labute approximate surface area is 101 Å². The van der Waals surface area contributed by atoms with Crippen LogP contribution >= 0.6 is 0 Å². The smallest absolute Gasteiger partial charge is 0.00683 e. The number of rotatable bonds is 7. The molecule has 1 atom stereocenters. The quantitative estimate of drug-likeness (QED) is 0.691. The predicted molar refractivity (Wildman–Crippen MR) is 70.5 cm³/mol. The zero-order valence-electron chi connectivity index (χ0n) is 11.6. The van der Waals surface area contributed by atoms with Crippen molar-refractivity contribution < 1.29 is 0 Å². The maximum absolute atomic E-state index is 3.72. The van der Waals surface area contributed by atoms with E-state index in [1.807, 2.05) is 0 Å². The van der Waals surface area contributed by atoms with Gasteiger partial charge < -0.3 is 5.32 Å². The van der Waals surface area contributed by atoms with Crippen LogP contribution in [0.1, 0.15) is 59.8 Å². The van der Waals surface area contributed by atoms with Crippen LogP contribution in [0.5, 0.6) is 0 Å². The van der Waals surface area contributed by atoms with Gasteiger partial charge in [0.25, 0.3) is 0 Å². The molecule has 0 radical (unpaired) electrons. The Balaban J connectivity index is 1.80. The fourth-order valence-electron chi connectivity index (χ4n) is 3.53. The molecule has 1 heteroatoms. The Hall–Kier alpha value is -0.0400. The van der Waals surface area contributed by atoms with E-state index in [1.54, 1.807) is 0 Å². The Morgan fingerprint density at radius 1 is 1.06 bits per heavy atom. The summed E-state index contributed by atoms with van der Waals surface area (Å²) >= 11 is 0. The normalized spacial score (nSPS) is 27.8. The van der Waals surface area contributed by atoms with Gasteiger partial charge in [-0.05, 0) is 61.8 Å². The minimum atomic E-state index is 0.713. The summed E-state index contributed by atoms with van der Waals surface area (Å²) in [5.74, 6) is 2.72. The Kier molecular flexibility index (Phi) is 3.63. The molecule has 0 aliphatic heterocycles. The average Bonchev–Trinajstić information content (AvgIpc) is 2.97. The van der Waals surface area contributed by atoms with E-state index in [2.05, 4.69) is 33.0 Å². The molecule has 0 aromatic rings. The highest BCUT2D eigenvalue weighted by molar-refractivity contribution is 5.04. The van der Waals surface area contributed by atoms with Gasteiger partial charge in [-0.25, -0.2) is 0 Å². The molecule has 2 fully saturated rings. The minimum absolute atomic E-state index is 0.713. The first-order valence-electron chi connectivity index (χ1n) is 7.25. The lowest BCUT2D eigenvalue weighted by Gasteiger charge is -2.22. The van der Waals surface area contributed by atoms with Gasteiger partial charge in [0.05, 0.1) is 0 Å². The molecule has 1 nitrogen and oxygen atoms in total. The van der Waals surface area contributed by atoms with Crippen LogP contribution in [-0.4, -0.2) is 12.6 Å². The van der Waals surface area contributed by atoms with Crippen LogP contribution < -0.4 is 5.32 Å². The third-order valence-corrected chi connectivity index (χ3v) is 4.22. The van der Waals surface area contributed by atoms with E-state index in [0.717, 1.165) is 23.8 Å². The summed E-state index contributed by atoms with van der Waals surface area (Å²) in [5.41, 5.74) is 0.713. The summed E-state index contributed by atoms with van der Waals surface area (Å²) in [6.07, 6.45) is 7.23. The van der Waals surface area contributed by atoms with Crippen molar-refractivity contribution >= 4 is 0 Å². The fourth-order valence-corrected chi connectivity index (χ4v) is 3.53. The summed E-state index contributed by atoms with van der Waals surface area (Å²) in [6.45, 7) is 10.8. The lowest BCUT2D eigenvalue weighted by atomic mass is 9.84. The second kappa shape index (κ2) is 4.68. The minimum Gasteiger partial charge on any atom is -0.314 e. The molecule has 1 unspecified atom stereocenters. The highest BCUT2D eigenvalue weighted by Gasteiger charge is 2.53. The third kappa shape index (κ3) is 3.23. The second-order valence-electron chi connectivity index (χ2n) is 7.14. The first kappa shape index (κ1) is 12.4. The van der Waals surface area contributed by atoms with Gasteiger partial charge in [-0.15, -0.1) is 0 Å². The predicted octanol–water partition coefficient (Wildman–Crippen LogP) is 3.84. The molecule has 0 heterocycles. The number of nitrogens with one attached hydrogen (secondary N) is 1. The monoisotopic (exact) mass is 223 g/mol. The van der Waals surface area contributed by atoms with Crippen LogP contribution in [0.15, 0.2) is 0 Å². The molecule has 2 aliphatic rings. The fraction of sp³-hybridized carbons (Fsp3) is 1.00. The molecule has 2 saturated carbocycles. The van der Waals surface area contributed by atoms with Crippen LogP contribution in [0.2, 0.25) is 0 Å². The molecule has 0 spiro atoms. The van der Waals surface area contributed by atoms with Crippen LogP contribution in [0.25, 0.3) is 0 Å². The van der Waals surface area contributed by atoms with Gasteiger partial charge >= 0.3 is 0 Å². The average molecular weight is 223 g/mol. The molecule has 0 saturated heterocycles. The standard InChI is InChI=1S/C15H29N/c1-11(2)7-15(8-12(3)4)9-13(15)10-16-14-5-6-14/h11-14,16H,5-10H2,1-4H3. The highest BCUT2D eigenvalue weighted by atomic mass is 15.0. The van der Waals surface area contributed by atoms with Crippen LogP contribution in [0.3, 0.4) is 0 Å². The van der Waals surface area contributed by atoms with Crippen LogP contribution in [-0.2, 0) is 0 Å². The summed E-state index contributed by atoms with van der Waals surface area (Å²) < 4.78 is 0. The van der Waals surface area contributed by atoms with Crippen LogP contribution in [0, 0.1) is 23.2 Å². The van der Waals surface area contributed by atoms with Crippen molar-refractivity contribution in [1.82, 2.24) is 5.32 Å². The maximum atomic E-state index is 3.72. The molecule has 0 bridgehead atoms. The van der Waals surface area contributed by atoms with E-state index in [1.165, 1.54) is 38.6 Å². The first-order chi connectivity index (χ1) is 7.52. The van der Waals surface area contributed by atoms with E-state index < -0.39 is 0 Å². The lowest BCUT2D eigenvalue weighted by molar-refractivity contribution is 0.291. The Morgan fingerprint density at radius 3 is 2.06 bits per heavy atom. The van der Waals surface area contributed by atoms with E-state index in [9.17, 15) is 0 Å². The van der Waals surface area contributed by atoms with Crippen molar-refractivity contribution in [3.63, 3.8) is 0 Å². The van der Waals surface area contributed by atoms with Gasteiger partial charge in [-0.3, -0.25) is 0 Å². The van der Waals surface area contributed by atoms with Crippen molar-refractivity contribution in [2.75, 3.05) is 6.54 Å². The Morgan fingerprint density at radius 2 is 1.62 bits per heavy atom. The van der Waals surface area contributed by atoms with Gasteiger partial charge in [0.2, 0.25) is 0 Å². The van der Waals surface area contributed by atoms with Gasteiger partial charge in [0, 0.05) is 6.04 Å². The van der Waals surface area contributed by atoms with Crippen molar-refractivity contribution in [2.24, 2.45) is 23.2 Å². The van der Waals surface area contributed by atoms with Crippen molar-refractivity contribution in [3.8, 4) is 0 Å². The van der Waals surface area contributed by atoms with Crippen LogP contribution in [0.4, 0.5) is 0 Å². The summed E-state index contributed by atoms with van der Waals surface area (Å²) in [5, 5.41) is 3.72. The zero-order chi connectivity index (χ0) is 11.8. The molecule has 0 aromatic carbocycles. The second-order valence-corrected chi connectivity index (χ2v) is 7.14. The van der Waals surface area contributed by atoms with E-state index in [4.69, 9.17) is 0 Å². The van der Waals surface area contributed by atoms with E-state index in [-0.39, 0.29) is 0 Å². The molecule has 0 aromatic heterocycles. The Bertz CT molecular complexity index is 218. The van der Waals surface area contributed by atoms with Crippen molar-refractivity contribution in [1.29, 1.82) is 0 Å². The zero-order valence-corrected chi connectivity index (χ0v) is 11.6. The summed E-state index contributed by atoms with van der Waals surface area (Å²) in [6, 6.07) is 0.886. The van der Waals surface area contributed by atoms with Gasteiger partial charge in [-0.2, -0.15) is 0 Å². The van der Waals surface area contributed by atoms with Crippen molar-refractivity contribution in [3.05, 3.63) is 0 Å². The SMILES string of the molecule is CC(C)CC1(CC(C)C)CC1CNC1CC1. The topological polar surface area (TPSA) is 12.0 Å². The van der Waals surface area contributed by atoms with Gasteiger partial charge in [0.15, 0.2) is 0 Å². The molecular weight excluding hydrogens is 194 g/mol. The van der Waals surface area contributed by atoms with E-state index in [0.29, 0.717) is 5.41 Å². The van der Waals surface area contributed by atoms with E-state index >= 15 is 0 Å². The molecule has 94 valence electrons. The third-order valence-electron chi connectivity index (χ3n) is 4.22. The molecule has 1 N–H and O–H groups in total. The largest absolute Gasteiger partial charge is 0.314 e. The number of hydrogen-bond donors (Lipinski definition) is 1. The lowest BCUT2D eigenvalue weighted by Crippen LogP contribution is -2.23. The maximum Gasteiger partial charge on any atom is 0.00683 e. The molecule has 2 rings (SSSR count). The molecule has 2 aliphatic carbocycles. The van der Waals surface area contributed by atoms with Gasteiger partial charge in [0.1, 0.15) is 0 Å².